The molecule has 3 nitrogen and oxygen atoms in total. The first-order valence-electron chi connectivity index (χ1n) is 5.21. The van der Waals surface area contributed by atoms with Crippen LogP contribution in [-0.4, -0.2) is 19.0 Å². The molecule has 0 rings (SSSR count). The lowest BCUT2D eigenvalue weighted by atomic mass is 9.99. The summed E-state index contributed by atoms with van der Waals surface area (Å²) in [6, 6.07) is 0. The molecule has 0 aliphatic carbocycles. The number of nitrogens with one attached hydrogen (secondary N) is 1. The molecular formula is C10H22N2O. The smallest absolute Gasteiger partial charge is 0.233 e. The second kappa shape index (κ2) is 8.05. The minimum absolute atomic E-state index is 0.0463. The Kier molecular flexibility index (Phi) is 7.69. The molecule has 3 N–H and O–H groups in total. The lowest BCUT2D eigenvalue weighted by molar-refractivity contribution is -0.119. The Morgan fingerprint density at radius 2 is 2.15 bits per heavy atom. The average molecular weight is 186 g/mol. The summed E-state index contributed by atoms with van der Waals surface area (Å²) in [4.78, 5) is 10.9. The number of hydrogen-bond acceptors (Lipinski definition) is 2. The van der Waals surface area contributed by atoms with E-state index in [4.69, 9.17) is 5.73 Å². The van der Waals surface area contributed by atoms with E-state index >= 15 is 0 Å². The van der Waals surface area contributed by atoms with Crippen LogP contribution in [-0.2, 0) is 4.79 Å². The molecule has 0 saturated carbocycles. The van der Waals surface area contributed by atoms with E-state index in [0.29, 0.717) is 5.92 Å². The Balaban J connectivity index is 3.52. The number of carbonyl (C=O) groups is 1. The Hall–Kier alpha value is -0.570. The van der Waals surface area contributed by atoms with Crippen molar-refractivity contribution in [2.75, 3.05) is 13.1 Å². The normalized spacial score (nSPS) is 12.5. The summed E-state index contributed by atoms with van der Waals surface area (Å²) in [7, 11) is 0. The van der Waals surface area contributed by atoms with Gasteiger partial charge in [-0.15, -0.1) is 0 Å². The van der Waals surface area contributed by atoms with E-state index < -0.39 is 0 Å². The molecule has 0 aromatic carbocycles. The number of amides is 1. The summed E-state index contributed by atoms with van der Waals surface area (Å²) in [5, 5.41) is 2.83. The topological polar surface area (TPSA) is 55.1 Å². The predicted molar refractivity (Wildman–Crippen MR) is 55.4 cm³/mol. The number of hydrogen-bond donors (Lipinski definition) is 2. The lowest BCUT2D eigenvalue weighted by Gasteiger charge is -2.14. The first kappa shape index (κ1) is 12.4. The van der Waals surface area contributed by atoms with Crippen LogP contribution < -0.4 is 11.1 Å². The Morgan fingerprint density at radius 3 is 2.62 bits per heavy atom. The largest absolute Gasteiger partial charge is 0.355 e. The highest BCUT2D eigenvalue weighted by Crippen LogP contribution is 2.10. The number of carbonyl (C=O) groups excluding carboxylic acids is 1. The van der Waals surface area contributed by atoms with Crippen LogP contribution in [0.15, 0.2) is 0 Å². The van der Waals surface area contributed by atoms with Gasteiger partial charge in [0, 0.05) is 6.54 Å². The van der Waals surface area contributed by atoms with E-state index in [-0.39, 0.29) is 12.5 Å². The molecule has 13 heavy (non-hydrogen) atoms. The summed E-state index contributed by atoms with van der Waals surface area (Å²) < 4.78 is 0. The number of nitrogens with two attached hydrogens (primary N) is 1. The second-order valence-corrected chi connectivity index (χ2v) is 3.42. The van der Waals surface area contributed by atoms with E-state index in [0.717, 1.165) is 13.0 Å². The van der Waals surface area contributed by atoms with Crippen molar-refractivity contribution in [2.45, 2.75) is 39.5 Å². The molecule has 0 heterocycles. The van der Waals surface area contributed by atoms with Crippen LogP contribution in [0.5, 0.6) is 0 Å². The van der Waals surface area contributed by atoms with Gasteiger partial charge in [-0.2, -0.15) is 0 Å². The highest BCUT2D eigenvalue weighted by molar-refractivity contribution is 5.77. The van der Waals surface area contributed by atoms with Crippen molar-refractivity contribution in [3.05, 3.63) is 0 Å². The molecule has 0 radical (unpaired) electrons. The summed E-state index contributed by atoms with van der Waals surface area (Å²) >= 11 is 0. The van der Waals surface area contributed by atoms with E-state index in [1.807, 2.05) is 0 Å². The van der Waals surface area contributed by atoms with E-state index in [1.165, 1.54) is 19.3 Å². The molecule has 78 valence electrons. The highest BCUT2D eigenvalue weighted by Gasteiger charge is 2.06. The summed E-state index contributed by atoms with van der Waals surface area (Å²) in [5.41, 5.74) is 5.19. The van der Waals surface area contributed by atoms with E-state index in [1.54, 1.807) is 0 Å². The predicted octanol–water partition coefficient (Wildman–Crippen LogP) is 1.28. The second-order valence-electron chi connectivity index (χ2n) is 3.42. The zero-order chi connectivity index (χ0) is 10.1. The SMILES string of the molecule is CCCCC(CC)CNC(=O)CN. The van der Waals surface area contributed by atoms with Crippen molar-refractivity contribution in [3.8, 4) is 0 Å². The molecule has 0 bridgehead atoms. The fraction of sp³-hybridized carbons (Fsp3) is 0.900. The third kappa shape index (κ3) is 6.58. The molecule has 0 fully saturated rings. The molecule has 0 spiro atoms. The summed E-state index contributed by atoms with van der Waals surface area (Å²) in [6.45, 7) is 5.23. The standard InChI is InChI=1S/C10H22N2O/c1-3-5-6-9(4-2)8-12-10(13)7-11/h9H,3-8,11H2,1-2H3,(H,12,13). The third-order valence-corrected chi connectivity index (χ3v) is 2.32. The minimum atomic E-state index is -0.0463. The minimum Gasteiger partial charge on any atom is -0.355 e. The van der Waals surface area contributed by atoms with Crippen LogP contribution in [0.1, 0.15) is 39.5 Å². The van der Waals surface area contributed by atoms with Crippen molar-refractivity contribution < 1.29 is 4.79 Å². The zero-order valence-corrected chi connectivity index (χ0v) is 8.81. The summed E-state index contributed by atoms with van der Waals surface area (Å²) in [5.74, 6) is 0.574. The highest BCUT2D eigenvalue weighted by atomic mass is 16.1. The van der Waals surface area contributed by atoms with Crippen molar-refractivity contribution in [1.29, 1.82) is 0 Å². The van der Waals surface area contributed by atoms with Gasteiger partial charge in [0.1, 0.15) is 0 Å². The molecule has 1 atom stereocenters. The van der Waals surface area contributed by atoms with Gasteiger partial charge in [-0.3, -0.25) is 4.79 Å². The molecule has 1 amide bonds. The van der Waals surface area contributed by atoms with Crippen LogP contribution in [0.4, 0.5) is 0 Å². The Labute approximate surface area is 81.1 Å². The molecule has 0 saturated heterocycles. The van der Waals surface area contributed by atoms with Gasteiger partial charge in [0.2, 0.25) is 5.91 Å². The van der Waals surface area contributed by atoms with Crippen LogP contribution in [0.25, 0.3) is 0 Å². The van der Waals surface area contributed by atoms with Gasteiger partial charge >= 0.3 is 0 Å². The average Bonchev–Trinajstić information content (AvgIpc) is 2.17. The maximum Gasteiger partial charge on any atom is 0.233 e. The molecule has 0 aromatic heterocycles. The molecule has 0 aliphatic heterocycles. The van der Waals surface area contributed by atoms with Crippen molar-refractivity contribution in [3.63, 3.8) is 0 Å². The van der Waals surface area contributed by atoms with E-state index in [9.17, 15) is 4.79 Å². The Bertz CT molecular complexity index is 137. The zero-order valence-electron chi connectivity index (χ0n) is 8.81. The molecule has 0 aliphatic rings. The number of unbranched alkanes of at least 4 members (excludes halogenated alkanes) is 1. The van der Waals surface area contributed by atoms with Gasteiger partial charge in [-0.25, -0.2) is 0 Å². The molecule has 0 aromatic rings. The van der Waals surface area contributed by atoms with Crippen molar-refractivity contribution >= 4 is 5.91 Å². The first-order valence-corrected chi connectivity index (χ1v) is 5.21. The fourth-order valence-electron chi connectivity index (χ4n) is 1.27. The summed E-state index contributed by atoms with van der Waals surface area (Å²) in [6.07, 6.45) is 4.81. The number of rotatable bonds is 7. The van der Waals surface area contributed by atoms with Gasteiger partial charge in [0.25, 0.3) is 0 Å². The quantitative estimate of drug-likeness (QED) is 0.629. The molecule has 3 heteroatoms. The van der Waals surface area contributed by atoms with Crippen molar-refractivity contribution in [1.82, 2.24) is 5.32 Å². The van der Waals surface area contributed by atoms with Crippen LogP contribution in [0, 0.1) is 5.92 Å². The molecular weight excluding hydrogens is 164 g/mol. The fourth-order valence-corrected chi connectivity index (χ4v) is 1.27. The maximum atomic E-state index is 10.9. The maximum absolute atomic E-state index is 10.9. The first-order chi connectivity index (χ1) is 6.24. The molecule has 1 unspecified atom stereocenters. The lowest BCUT2D eigenvalue weighted by Crippen LogP contribution is -2.34. The van der Waals surface area contributed by atoms with Gasteiger partial charge < -0.3 is 11.1 Å². The Morgan fingerprint density at radius 1 is 1.46 bits per heavy atom. The third-order valence-electron chi connectivity index (χ3n) is 2.32. The van der Waals surface area contributed by atoms with Crippen LogP contribution >= 0.6 is 0 Å². The van der Waals surface area contributed by atoms with Crippen LogP contribution in [0.2, 0.25) is 0 Å². The van der Waals surface area contributed by atoms with Gasteiger partial charge in [0.05, 0.1) is 6.54 Å². The van der Waals surface area contributed by atoms with Crippen LogP contribution in [0.3, 0.4) is 0 Å². The van der Waals surface area contributed by atoms with Gasteiger partial charge in [-0.1, -0.05) is 33.1 Å². The monoisotopic (exact) mass is 186 g/mol. The van der Waals surface area contributed by atoms with Gasteiger partial charge in [0.15, 0.2) is 0 Å². The van der Waals surface area contributed by atoms with E-state index in [2.05, 4.69) is 19.2 Å². The van der Waals surface area contributed by atoms with Gasteiger partial charge in [-0.05, 0) is 12.3 Å². The van der Waals surface area contributed by atoms with Crippen molar-refractivity contribution in [2.24, 2.45) is 11.7 Å².